The first-order valence-corrected chi connectivity index (χ1v) is 7.38. The standard InChI is InChI=1S/C16H19N5O2.HI/c1-10-12-6-4-5-7-13(12)22-14(10)8-18-16(17-3)19-9-15-20-11(2)23-21-15;/h4-7H,8-9H2,1-3H3,(H2,17,18,19);1H. The van der Waals surface area contributed by atoms with Crippen LogP contribution < -0.4 is 10.6 Å². The Bertz CT molecular complexity index is 840. The lowest BCUT2D eigenvalue weighted by atomic mass is 10.1. The number of nitrogens with zero attached hydrogens (tertiary/aromatic N) is 3. The van der Waals surface area contributed by atoms with Crippen LogP contribution in [0.4, 0.5) is 0 Å². The second-order valence-corrected chi connectivity index (χ2v) is 5.16. The molecule has 24 heavy (non-hydrogen) atoms. The van der Waals surface area contributed by atoms with E-state index in [0.29, 0.717) is 30.8 Å². The molecule has 0 amide bonds. The molecule has 0 atom stereocenters. The van der Waals surface area contributed by atoms with Gasteiger partial charge in [0.1, 0.15) is 11.3 Å². The van der Waals surface area contributed by atoms with Crippen molar-refractivity contribution in [2.75, 3.05) is 7.05 Å². The third-order valence-electron chi connectivity index (χ3n) is 3.57. The molecule has 0 saturated carbocycles. The lowest BCUT2D eigenvalue weighted by Gasteiger charge is -2.09. The summed E-state index contributed by atoms with van der Waals surface area (Å²) in [4.78, 5) is 8.31. The molecule has 2 heterocycles. The van der Waals surface area contributed by atoms with E-state index in [9.17, 15) is 0 Å². The highest BCUT2D eigenvalue weighted by molar-refractivity contribution is 14.0. The first-order chi connectivity index (χ1) is 11.2. The second-order valence-electron chi connectivity index (χ2n) is 5.16. The van der Waals surface area contributed by atoms with Crippen LogP contribution >= 0.6 is 24.0 Å². The van der Waals surface area contributed by atoms with Crippen LogP contribution in [0, 0.1) is 13.8 Å². The van der Waals surface area contributed by atoms with Gasteiger partial charge in [-0.25, -0.2) is 0 Å². The molecule has 2 aromatic heterocycles. The summed E-state index contributed by atoms with van der Waals surface area (Å²) in [7, 11) is 1.71. The number of aromatic nitrogens is 2. The first kappa shape index (κ1) is 18.2. The van der Waals surface area contributed by atoms with Gasteiger partial charge in [0.25, 0.3) is 0 Å². The molecular weight excluding hydrogens is 421 g/mol. The van der Waals surface area contributed by atoms with Gasteiger partial charge in [0.2, 0.25) is 5.89 Å². The smallest absolute Gasteiger partial charge is 0.223 e. The molecule has 0 aliphatic carbocycles. The Morgan fingerprint density at radius 2 is 1.92 bits per heavy atom. The van der Waals surface area contributed by atoms with E-state index in [2.05, 4.69) is 38.8 Å². The lowest BCUT2D eigenvalue weighted by Crippen LogP contribution is -2.36. The van der Waals surface area contributed by atoms with Crippen molar-refractivity contribution in [3.63, 3.8) is 0 Å². The highest BCUT2D eigenvalue weighted by atomic mass is 127. The van der Waals surface area contributed by atoms with Gasteiger partial charge in [0.05, 0.1) is 13.1 Å². The molecule has 8 heteroatoms. The number of fused-ring (bicyclic) bond motifs is 1. The molecular formula is C16H20IN5O2. The number of nitrogens with one attached hydrogen (secondary N) is 2. The summed E-state index contributed by atoms with van der Waals surface area (Å²) < 4.78 is 10.8. The SMILES string of the molecule is CN=C(NCc1noc(C)n1)NCc1oc2ccccc2c1C.I. The van der Waals surface area contributed by atoms with Crippen LogP contribution in [0.25, 0.3) is 11.0 Å². The van der Waals surface area contributed by atoms with Crippen molar-refractivity contribution in [2.45, 2.75) is 26.9 Å². The minimum Gasteiger partial charge on any atom is -0.459 e. The maximum atomic E-state index is 5.87. The normalized spacial score (nSPS) is 11.4. The third-order valence-corrected chi connectivity index (χ3v) is 3.57. The largest absolute Gasteiger partial charge is 0.459 e. The lowest BCUT2D eigenvalue weighted by molar-refractivity contribution is 0.386. The van der Waals surface area contributed by atoms with E-state index >= 15 is 0 Å². The van der Waals surface area contributed by atoms with Gasteiger partial charge < -0.3 is 19.6 Å². The Balaban J connectivity index is 0.00000208. The fraction of sp³-hybridized carbons (Fsp3) is 0.312. The Hall–Kier alpha value is -2.10. The third kappa shape index (κ3) is 4.05. The van der Waals surface area contributed by atoms with Gasteiger partial charge in [-0.2, -0.15) is 4.98 Å². The van der Waals surface area contributed by atoms with E-state index in [1.54, 1.807) is 14.0 Å². The van der Waals surface area contributed by atoms with Gasteiger partial charge >= 0.3 is 0 Å². The summed E-state index contributed by atoms with van der Waals surface area (Å²) in [5.74, 6) is 2.67. The summed E-state index contributed by atoms with van der Waals surface area (Å²) in [6.45, 7) is 4.80. The maximum Gasteiger partial charge on any atom is 0.223 e. The monoisotopic (exact) mass is 441 g/mol. The van der Waals surface area contributed by atoms with Gasteiger partial charge in [-0.3, -0.25) is 4.99 Å². The molecule has 0 fully saturated rings. The summed E-state index contributed by atoms with van der Waals surface area (Å²) in [5, 5.41) is 11.3. The number of aliphatic imine (C=N–C) groups is 1. The van der Waals surface area contributed by atoms with Gasteiger partial charge in [-0.05, 0) is 13.0 Å². The van der Waals surface area contributed by atoms with Crippen LogP contribution in [0.2, 0.25) is 0 Å². The Labute approximate surface area is 156 Å². The van der Waals surface area contributed by atoms with E-state index in [-0.39, 0.29) is 24.0 Å². The fourth-order valence-corrected chi connectivity index (χ4v) is 2.35. The summed E-state index contributed by atoms with van der Waals surface area (Å²) in [5.41, 5.74) is 2.03. The van der Waals surface area contributed by atoms with Crippen LogP contribution in [-0.2, 0) is 13.1 Å². The van der Waals surface area contributed by atoms with Crippen molar-refractivity contribution in [3.8, 4) is 0 Å². The molecule has 0 saturated heterocycles. The molecule has 7 nitrogen and oxygen atoms in total. The van der Waals surface area contributed by atoms with Crippen LogP contribution in [0.5, 0.6) is 0 Å². The molecule has 1 aromatic carbocycles. The van der Waals surface area contributed by atoms with Crippen molar-refractivity contribution >= 4 is 40.9 Å². The van der Waals surface area contributed by atoms with Gasteiger partial charge in [-0.1, -0.05) is 23.4 Å². The summed E-state index contributed by atoms with van der Waals surface area (Å²) in [6.07, 6.45) is 0. The summed E-state index contributed by atoms with van der Waals surface area (Å²) >= 11 is 0. The van der Waals surface area contributed by atoms with E-state index in [1.807, 2.05) is 18.2 Å². The maximum absolute atomic E-state index is 5.87. The van der Waals surface area contributed by atoms with Crippen molar-refractivity contribution in [1.82, 2.24) is 20.8 Å². The number of halogens is 1. The molecule has 128 valence electrons. The van der Waals surface area contributed by atoms with Gasteiger partial charge in [0.15, 0.2) is 11.8 Å². The number of furan rings is 1. The van der Waals surface area contributed by atoms with Gasteiger partial charge in [-0.15, -0.1) is 24.0 Å². The fourth-order valence-electron chi connectivity index (χ4n) is 2.35. The zero-order chi connectivity index (χ0) is 16.2. The van der Waals surface area contributed by atoms with Crippen LogP contribution in [-0.4, -0.2) is 23.1 Å². The zero-order valence-electron chi connectivity index (χ0n) is 13.8. The number of aryl methyl sites for hydroxylation is 2. The van der Waals surface area contributed by atoms with E-state index in [1.165, 1.54) is 0 Å². The molecule has 0 aliphatic rings. The minimum absolute atomic E-state index is 0. The average Bonchev–Trinajstić information content (AvgIpc) is 3.12. The number of hydrogen-bond donors (Lipinski definition) is 2. The molecule has 0 unspecified atom stereocenters. The minimum atomic E-state index is 0. The van der Waals surface area contributed by atoms with Crippen LogP contribution in [0.15, 0.2) is 38.2 Å². The number of rotatable bonds is 4. The molecule has 0 spiro atoms. The first-order valence-electron chi connectivity index (χ1n) is 7.38. The zero-order valence-corrected chi connectivity index (χ0v) is 16.1. The highest BCUT2D eigenvalue weighted by Crippen LogP contribution is 2.24. The van der Waals surface area contributed by atoms with E-state index in [4.69, 9.17) is 8.94 Å². The predicted molar refractivity (Wildman–Crippen MR) is 102 cm³/mol. The Kier molecular flexibility index (Phi) is 6.18. The topological polar surface area (TPSA) is 88.5 Å². The Morgan fingerprint density at radius 3 is 2.58 bits per heavy atom. The average molecular weight is 441 g/mol. The number of guanidine groups is 1. The molecule has 3 aromatic rings. The van der Waals surface area contributed by atoms with Crippen molar-refractivity contribution in [1.29, 1.82) is 0 Å². The van der Waals surface area contributed by atoms with E-state index < -0.39 is 0 Å². The molecule has 0 bridgehead atoms. The van der Waals surface area contributed by atoms with Crippen LogP contribution in [0.1, 0.15) is 23.0 Å². The van der Waals surface area contributed by atoms with Crippen LogP contribution in [0.3, 0.4) is 0 Å². The highest BCUT2D eigenvalue weighted by Gasteiger charge is 2.10. The van der Waals surface area contributed by atoms with Crippen molar-refractivity contribution < 1.29 is 8.94 Å². The molecule has 3 rings (SSSR count). The molecule has 0 radical (unpaired) electrons. The quantitative estimate of drug-likeness (QED) is 0.368. The van der Waals surface area contributed by atoms with Gasteiger partial charge in [0, 0.05) is 24.9 Å². The molecule has 2 N–H and O–H groups in total. The number of hydrogen-bond acceptors (Lipinski definition) is 5. The number of para-hydroxylation sites is 1. The predicted octanol–water partition coefficient (Wildman–Crippen LogP) is 2.92. The Morgan fingerprint density at radius 1 is 1.17 bits per heavy atom. The number of benzene rings is 1. The summed E-state index contributed by atoms with van der Waals surface area (Å²) in [6, 6.07) is 8.01. The van der Waals surface area contributed by atoms with E-state index in [0.717, 1.165) is 22.3 Å². The van der Waals surface area contributed by atoms with Crippen molar-refractivity contribution in [3.05, 3.63) is 47.3 Å². The molecule has 0 aliphatic heterocycles. The second kappa shape index (κ2) is 8.13. The van der Waals surface area contributed by atoms with Crippen molar-refractivity contribution in [2.24, 2.45) is 4.99 Å².